The number of carboxylic acid groups (broad SMARTS) is 1. The molecule has 0 radical (unpaired) electrons. The Morgan fingerprint density at radius 3 is 2.48 bits per heavy atom. The third-order valence-corrected chi connectivity index (χ3v) is 4.84. The number of anilines is 1. The number of aromatic carboxylic acids is 1. The van der Waals surface area contributed by atoms with Crippen molar-refractivity contribution in [3.8, 4) is 0 Å². The zero-order valence-corrected chi connectivity index (χ0v) is 13.7. The van der Waals surface area contributed by atoms with E-state index < -0.39 is 5.97 Å². The van der Waals surface area contributed by atoms with E-state index in [0.717, 1.165) is 17.8 Å². The topological polar surface area (TPSA) is 49.3 Å². The number of hydrogen-bond donors (Lipinski definition) is 2. The van der Waals surface area contributed by atoms with Gasteiger partial charge in [-0.2, -0.15) is 0 Å². The van der Waals surface area contributed by atoms with Crippen molar-refractivity contribution in [1.29, 1.82) is 0 Å². The molecule has 0 amide bonds. The predicted octanol–water partition coefficient (Wildman–Crippen LogP) is 4.66. The van der Waals surface area contributed by atoms with Crippen LogP contribution < -0.4 is 5.32 Å². The summed E-state index contributed by atoms with van der Waals surface area (Å²) in [5.74, 6) is -0.891. The zero-order valence-electron chi connectivity index (χ0n) is 12.9. The summed E-state index contributed by atoms with van der Waals surface area (Å²) in [5.41, 5.74) is 2.43. The third-order valence-electron chi connectivity index (χ3n) is 3.33. The Morgan fingerprint density at radius 1 is 1.24 bits per heavy atom. The first-order valence-electron chi connectivity index (χ1n) is 6.94. The van der Waals surface area contributed by atoms with Crippen molar-refractivity contribution < 1.29 is 9.90 Å². The Balaban J connectivity index is 2.06. The second-order valence-corrected chi connectivity index (χ2v) is 7.37. The maximum Gasteiger partial charge on any atom is 0.335 e. The monoisotopic (exact) mass is 303 g/mol. The molecule has 0 bridgehead atoms. The van der Waals surface area contributed by atoms with Gasteiger partial charge in [-0.15, -0.1) is 11.3 Å². The van der Waals surface area contributed by atoms with Gasteiger partial charge in [0.1, 0.15) is 0 Å². The van der Waals surface area contributed by atoms with Crippen LogP contribution in [0.15, 0.2) is 30.3 Å². The highest BCUT2D eigenvalue weighted by atomic mass is 32.1. The summed E-state index contributed by atoms with van der Waals surface area (Å²) in [7, 11) is 0. The second kappa shape index (κ2) is 5.90. The number of carboxylic acids is 1. The van der Waals surface area contributed by atoms with Crippen molar-refractivity contribution in [2.75, 3.05) is 5.32 Å². The van der Waals surface area contributed by atoms with Crippen LogP contribution in [0.5, 0.6) is 0 Å². The van der Waals surface area contributed by atoms with E-state index in [1.165, 1.54) is 9.75 Å². The molecule has 0 atom stereocenters. The van der Waals surface area contributed by atoms with Gasteiger partial charge in [0, 0.05) is 22.0 Å². The average molecular weight is 303 g/mol. The molecule has 21 heavy (non-hydrogen) atoms. The number of nitrogens with one attached hydrogen (secondary N) is 1. The van der Waals surface area contributed by atoms with Crippen molar-refractivity contribution in [2.24, 2.45) is 0 Å². The highest BCUT2D eigenvalue weighted by molar-refractivity contribution is 7.12. The first kappa shape index (κ1) is 15.6. The third kappa shape index (κ3) is 3.85. The van der Waals surface area contributed by atoms with E-state index in [1.54, 1.807) is 12.1 Å². The highest BCUT2D eigenvalue weighted by Gasteiger charge is 2.16. The molecule has 112 valence electrons. The lowest BCUT2D eigenvalue weighted by molar-refractivity contribution is 0.0697. The fourth-order valence-electron chi connectivity index (χ4n) is 2.05. The molecule has 0 aliphatic heterocycles. The van der Waals surface area contributed by atoms with Crippen LogP contribution in [0.1, 0.15) is 46.4 Å². The Kier molecular flexibility index (Phi) is 4.37. The molecule has 0 aliphatic carbocycles. The smallest absolute Gasteiger partial charge is 0.335 e. The molecule has 3 nitrogen and oxygen atoms in total. The van der Waals surface area contributed by atoms with Gasteiger partial charge in [0.15, 0.2) is 0 Å². The minimum absolute atomic E-state index is 0.183. The maximum absolute atomic E-state index is 10.9. The number of aryl methyl sites for hydroxylation is 1. The normalized spacial score (nSPS) is 11.4. The summed E-state index contributed by atoms with van der Waals surface area (Å²) in [6.07, 6.45) is 0. The summed E-state index contributed by atoms with van der Waals surface area (Å²) in [5, 5.41) is 12.3. The molecule has 1 aromatic heterocycles. The quantitative estimate of drug-likeness (QED) is 0.863. The van der Waals surface area contributed by atoms with Crippen LogP contribution in [0.25, 0.3) is 0 Å². The van der Waals surface area contributed by atoms with Crippen LogP contribution in [0.3, 0.4) is 0 Å². The van der Waals surface area contributed by atoms with Crippen LogP contribution in [-0.2, 0) is 12.0 Å². The lowest BCUT2D eigenvalue weighted by atomic mass is 9.95. The van der Waals surface area contributed by atoms with Crippen LogP contribution in [-0.4, -0.2) is 11.1 Å². The van der Waals surface area contributed by atoms with Gasteiger partial charge in [0.05, 0.1) is 5.56 Å². The van der Waals surface area contributed by atoms with Crippen LogP contribution in [0.2, 0.25) is 0 Å². The predicted molar refractivity (Wildman–Crippen MR) is 88.5 cm³/mol. The van der Waals surface area contributed by atoms with E-state index in [-0.39, 0.29) is 5.41 Å². The van der Waals surface area contributed by atoms with Crippen molar-refractivity contribution in [2.45, 2.75) is 39.7 Å². The van der Waals surface area contributed by atoms with Gasteiger partial charge >= 0.3 is 5.97 Å². The molecule has 1 aromatic carbocycles. The van der Waals surface area contributed by atoms with Gasteiger partial charge in [0.2, 0.25) is 0 Å². The minimum Gasteiger partial charge on any atom is -0.478 e. The molecule has 0 saturated carbocycles. The second-order valence-electron chi connectivity index (χ2n) is 6.20. The van der Waals surface area contributed by atoms with Gasteiger partial charge in [0.25, 0.3) is 0 Å². The molecule has 2 rings (SSSR count). The summed E-state index contributed by atoms with van der Waals surface area (Å²) in [4.78, 5) is 13.6. The molecule has 0 saturated heterocycles. The fraction of sp³-hybridized carbons (Fsp3) is 0.353. The summed E-state index contributed by atoms with van der Waals surface area (Å²) >= 11 is 1.82. The lowest BCUT2D eigenvalue weighted by Crippen LogP contribution is -2.07. The SMILES string of the molecule is Cc1cc(C(=O)O)ccc1NCc1ccc(C(C)(C)C)s1. The molecule has 0 fully saturated rings. The average Bonchev–Trinajstić information content (AvgIpc) is 2.85. The summed E-state index contributed by atoms with van der Waals surface area (Å²) < 4.78 is 0. The minimum atomic E-state index is -0.891. The molecular weight excluding hydrogens is 282 g/mol. The Morgan fingerprint density at radius 2 is 1.95 bits per heavy atom. The number of thiophene rings is 1. The highest BCUT2D eigenvalue weighted by Crippen LogP contribution is 2.30. The Hall–Kier alpha value is -1.81. The number of rotatable bonds is 4. The molecule has 4 heteroatoms. The molecule has 0 spiro atoms. The van der Waals surface area contributed by atoms with Gasteiger partial charge in [-0.05, 0) is 48.2 Å². The summed E-state index contributed by atoms with van der Waals surface area (Å²) in [6.45, 7) is 9.32. The van der Waals surface area contributed by atoms with Crippen molar-refractivity contribution in [1.82, 2.24) is 0 Å². The molecule has 2 N–H and O–H groups in total. The molecule has 2 aromatic rings. The van der Waals surface area contributed by atoms with E-state index in [9.17, 15) is 4.79 Å². The zero-order chi connectivity index (χ0) is 15.6. The number of hydrogen-bond acceptors (Lipinski definition) is 3. The Bertz CT molecular complexity index is 653. The molecular formula is C17H21NO2S. The molecule has 0 unspecified atom stereocenters. The van der Waals surface area contributed by atoms with Crippen molar-refractivity contribution in [3.63, 3.8) is 0 Å². The van der Waals surface area contributed by atoms with E-state index in [4.69, 9.17) is 5.11 Å². The van der Waals surface area contributed by atoms with Gasteiger partial charge in [-0.25, -0.2) is 4.79 Å². The van der Waals surface area contributed by atoms with Crippen molar-refractivity contribution in [3.05, 3.63) is 51.2 Å². The number of carbonyl (C=O) groups is 1. The summed E-state index contributed by atoms with van der Waals surface area (Å²) in [6, 6.07) is 9.49. The van der Waals surface area contributed by atoms with Gasteiger partial charge in [-0.1, -0.05) is 20.8 Å². The maximum atomic E-state index is 10.9. The number of benzene rings is 1. The lowest BCUT2D eigenvalue weighted by Gasteiger charge is -2.15. The largest absolute Gasteiger partial charge is 0.478 e. The van der Waals surface area contributed by atoms with Crippen LogP contribution in [0, 0.1) is 6.92 Å². The van der Waals surface area contributed by atoms with Gasteiger partial charge < -0.3 is 10.4 Å². The van der Waals surface area contributed by atoms with E-state index in [2.05, 4.69) is 38.2 Å². The fourth-order valence-corrected chi connectivity index (χ4v) is 3.06. The standard InChI is InChI=1S/C17H21NO2S/c1-11-9-12(16(19)20)5-7-14(11)18-10-13-6-8-15(21-13)17(2,3)4/h5-9,18H,10H2,1-4H3,(H,19,20). The Labute approximate surface area is 129 Å². The van der Waals surface area contributed by atoms with E-state index >= 15 is 0 Å². The van der Waals surface area contributed by atoms with E-state index in [0.29, 0.717) is 5.56 Å². The van der Waals surface area contributed by atoms with Crippen LogP contribution in [0.4, 0.5) is 5.69 Å². The first-order chi connectivity index (χ1) is 9.77. The first-order valence-corrected chi connectivity index (χ1v) is 7.76. The van der Waals surface area contributed by atoms with Crippen LogP contribution >= 0.6 is 11.3 Å². The molecule has 1 heterocycles. The van der Waals surface area contributed by atoms with Crippen molar-refractivity contribution >= 4 is 23.0 Å². The molecule has 0 aliphatic rings. The van der Waals surface area contributed by atoms with Gasteiger partial charge in [-0.3, -0.25) is 0 Å². The van der Waals surface area contributed by atoms with E-state index in [1.807, 2.05) is 24.3 Å².